The van der Waals surface area contributed by atoms with E-state index in [0.29, 0.717) is 12.8 Å². The highest BCUT2D eigenvalue weighted by Gasteiger charge is 2.18. The van der Waals surface area contributed by atoms with Gasteiger partial charge in [-0.15, -0.1) is 0 Å². The number of para-hydroxylation sites is 1. The Hall–Kier alpha value is -2.96. The summed E-state index contributed by atoms with van der Waals surface area (Å²) in [5, 5.41) is 2.91. The van der Waals surface area contributed by atoms with Crippen molar-refractivity contribution in [1.82, 2.24) is 4.72 Å². The van der Waals surface area contributed by atoms with Gasteiger partial charge in [0.15, 0.2) is 0 Å². The lowest BCUT2D eigenvalue weighted by Crippen LogP contribution is -2.26. The maximum absolute atomic E-state index is 12.7. The van der Waals surface area contributed by atoms with Crippen molar-refractivity contribution in [2.24, 2.45) is 0 Å². The van der Waals surface area contributed by atoms with Crippen molar-refractivity contribution in [3.63, 3.8) is 0 Å². The van der Waals surface area contributed by atoms with Crippen molar-refractivity contribution in [3.8, 4) is 0 Å². The Morgan fingerprint density at radius 2 is 1.53 bits per heavy atom. The Labute approximate surface area is 178 Å². The van der Waals surface area contributed by atoms with Crippen LogP contribution in [-0.4, -0.2) is 14.3 Å². The molecule has 0 bridgehead atoms. The van der Waals surface area contributed by atoms with Crippen LogP contribution in [0.4, 0.5) is 5.69 Å². The molecular weight excluding hydrogens is 396 g/mol. The highest BCUT2D eigenvalue weighted by molar-refractivity contribution is 7.89. The van der Waals surface area contributed by atoms with Gasteiger partial charge in [-0.3, -0.25) is 4.79 Å². The highest BCUT2D eigenvalue weighted by Crippen LogP contribution is 2.18. The minimum atomic E-state index is -3.63. The van der Waals surface area contributed by atoms with E-state index >= 15 is 0 Å². The molecule has 3 aromatic carbocycles. The Morgan fingerprint density at radius 3 is 2.20 bits per heavy atom. The summed E-state index contributed by atoms with van der Waals surface area (Å²) in [7, 11) is -3.63. The summed E-state index contributed by atoms with van der Waals surface area (Å²) in [6.07, 6.45) is 0.857. The van der Waals surface area contributed by atoms with Crippen molar-refractivity contribution < 1.29 is 13.2 Å². The minimum Gasteiger partial charge on any atom is -0.326 e. The van der Waals surface area contributed by atoms with Crippen LogP contribution >= 0.6 is 0 Å². The first kappa shape index (κ1) is 21.7. The summed E-state index contributed by atoms with van der Waals surface area (Å²) >= 11 is 0. The summed E-state index contributed by atoms with van der Waals surface area (Å²) in [6.45, 7) is 3.76. The first-order valence-corrected chi connectivity index (χ1v) is 11.4. The summed E-state index contributed by atoms with van der Waals surface area (Å²) in [5.74, 6) is -0.0700. The Morgan fingerprint density at radius 1 is 0.900 bits per heavy atom. The van der Waals surface area contributed by atoms with Gasteiger partial charge in [0.2, 0.25) is 15.9 Å². The van der Waals surface area contributed by atoms with E-state index in [1.807, 2.05) is 68.4 Å². The first-order chi connectivity index (χ1) is 14.3. The van der Waals surface area contributed by atoms with Gasteiger partial charge in [0.1, 0.15) is 0 Å². The molecule has 30 heavy (non-hydrogen) atoms. The molecule has 2 N–H and O–H groups in total. The van der Waals surface area contributed by atoms with Gasteiger partial charge in [-0.2, -0.15) is 0 Å². The number of sulfonamides is 1. The van der Waals surface area contributed by atoms with Crippen LogP contribution in [0.25, 0.3) is 0 Å². The molecule has 0 saturated carbocycles. The Kier molecular flexibility index (Phi) is 7.03. The maximum Gasteiger partial charge on any atom is 0.241 e. The zero-order valence-corrected chi connectivity index (χ0v) is 17.9. The normalized spacial score (nSPS) is 12.3. The SMILES string of the molecule is Cc1ccccc1NC(=O)CCc1ccc(S(=O)(=O)N[C@@H](C)c2ccccc2)cc1. The second-order valence-electron chi connectivity index (χ2n) is 7.26. The predicted octanol–water partition coefficient (Wildman–Crippen LogP) is 4.61. The minimum absolute atomic E-state index is 0.0700. The van der Waals surface area contributed by atoms with Gasteiger partial charge in [0, 0.05) is 18.2 Å². The zero-order valence-electron chi connectivity index (χ0n) is 17.1. The smallest absolute Gasteiger partial charge is 0.241 e. The van der Waals surface area contributed by atoms with Crippen LogP contribution in [0, 0.1) is 6.92 Å². The zero-order chi connectivity index (χ0) is 21.6. The van der Waals surface area contributed by atoms with E-state index in [1.54, 1.807) is 24.3 Å². The molecule has 0 radical (unpaired) electrons. The monoisotopic (exact) mass is 422 g/mol. The number of benzene rings is 3. The van der Waals surface area contributed by atoms with E-state index in [1.165, 1.54) is 0 Å². The molecule has 0 saturated heterocycles. The molecule has 0 aliphatic carbocycles. The molecule has 6 heteroatoms. The lowest BCUT2D eigenvalue weighted by Gasteiger charge is -2.15. The van der Waals surface area contributed by atoms with Crippen LogP contribution in [-0.2, 0) is 21.2 Å². The number of rotatable bonds is 8. The van der Waals surface area contributed by atoms with E-state index in [9.17, 15) is 13.2 Å². The second kappa shape index (κ2) is 9.69. The molecule has 0 unspecified atom stereocenters. The molecule has 1 atom stereocenters. The van der Waals surface area contributed by atoms with Gasteiger partial charge in [0.05, 0.1) is 4.90 Å². The van der Waals surface area contributed by atoms with Gasteiger partial charge in [0.25, 0.3) is 0 Å². The topological polar surface area (TPSA) is 75.3 Å². The van der Waals surface area contributed by atoms with Gasteiger partial charge < -0.3 is 5.32 Å². The highest BCUT2D eigenvalue weighted by atomic mass is 32.2. The van der Waals surface area contributed by atoms with Crippen molar-refractivity contribution in [2.75, 3.05) is 5.32 Å². The van der Waals surface area contributed by atoms with E-state index in [0.717, 1.165) is 22.4 Å². The summed E-state index contributed by atoms with van der Waals surface area (Å²) < 4.78 is 28.0. The lowest BCUT2D eigenvalue weighted by atomic mass is 10.1. The fraction of sp³-hybridized carbons (Fsp3) is 0.208. The van der Waals surface area contributed by atoms with Gasteiger partial charge in [-0.05, 0) is 55.2 Å². The largest absolute Gasteiger partial charge is 0.326 e. The van der Waals surface area contributed by atoms with E-state index in [4.69, 9.17) is 0 Å². The quantitative estimate of drug-likeness (QED) is 0.557. The van der Waals surface area contributed by atoms with E-state index < -0.39 is 10.0 Å². The molecule has 0 aliphatic rings. The van der Waals surface area contributed by atoms with Crippen molar-refractivity contribution >= 4 is 21.6 Å². The van der Waals surface area contributed by atoms with Crippen LogP contribution in [0.2, 0.25) is 0 Å². The van der Waals surface area contributed by atoms with E-state index in [-0.39, 0.29) is 16.8 Å². The molecule has 0 heterocycles. The lowest BCUT2D eigenvalue weighted by molar-refractivity contribution is -0.116. The first-order valence-electron chi connectivity index (χ1n) is 9.87. The number of carbonyl (C=O) groups excluding carboxylic acids is 1. The molecule has 0 spiro atoms. The van der Waals surface area contributed by atoms with Crippen molar-refractivity contribution in [2.45, 2.75) is 37.6 Å². The molecule has 5 nitrogen and oxygen atoms in total. The fourth-order valence-electron chi connectivity index (χ4n) is 3.13. The standard InChI is InChI=1S/C24H26N2O3S/c1-18-8-6-7-11-23(18)25-24(27)17-14-20-12-15-22(16-13-20)30(28,29)26-19(2)21-9-4-3-5-10-21/h3-13,15-16,19,26H,14,17H2,1-2H3,(H,25,27)/t19-/m0/s1. The summed E-state index contributed by atoms with van der Waals surface area (Å²) in [4.78, 5) is 12.4. The summed E-state index contributed by atoms with van der Waals surface area (Å²) in [5.41, 5.74) is 3.63. The fourth-order valence-corrected chi connectivity index (χ4v) is 4.36. The van der Waals surface area contributed by atoms with Crippen LogP contribution in [0.3, 0.4) is 0 Å². The molecule has 0 aliphatic heterocycles. The van der Waals surface area contributed by atoms with Crippen LogP contribution in [0.5, 0.6) is 0 Å². The molecular formula is C24H26N2O3S. The number of anilines is 1. The van der Waals surface area contributed by atoms with Crippen molar-refractivity contribution in [3.05, 3.63) is 95.6 Å². The average molecular weight is 423 g/mol. The number of nitrogens with one attached hydrogen (secondary N) is 2. The molecule has 3 aromatic rings. The third-order valence-corrected chi connectivity index (χ3v) is 6.48. The molecule has 3 rings (SSSR count). The van der Waals surface area contributed by atoms with Crippen LogP contribution in [0.1, 0.15) is 36.1 Å². The Balaban J connectivity index is 1.57. The summed E-state index contributed by atoms with van der Waals surface area (Å²) in [6, 6.07) is 23.4. The maximum atomic E-state index is 12.7. The molecule has 1 amide bonds. The number of hydrogen-bond acceptors (Lipinski definition) is 3. The number of carbonyl (C=O) groups is 1. The third-order valence-electron chi connectivity index (χ3n) is 4.93. The number of amides is 1. The second-order valence-corrected chi connectivity index (χ2v) is 8.97. The van der Waals surface area contributed by atoms with Crippen LogP contribution in [0.15, 0.2) is 83.8 Å². The predicted molar refractivity (Wildman–Crippen MR) is 120 cm³/mol. The van der Waals surface area contributed by atoms with Gasteiger partial charge in [-0.25, -0.2) is 13.1 Å². The molecule has 0 aromatic heterocycles. The molecule has 156 valence electrons. The molecule has 0 fully saturated rings. The van der Waals surface area contributed by atoms with E-state index in [2.05, 4.69) is 10.0 Å². The van der Waals surface area contributed by atoms with Crippen molar-refractivity contribution in [1.29, 1.82) is 0 Å². The Bertz CT molecular complexity index is 1090. The average Bonchev–Trinajstić information content (AvgIpc) is 2.74. The van der Waals surface area contributed by atoms with Gasteiger partial charge >= 0.3 is 0 Å². The van der Waals surface area contributed by atoms with Crippen LogP contribution < -0.4 is 10.0 Å². The number of aryl methyl sites for hydroxylation is 2. The number of hydrogen-bond donors (Lipinski definition) is 2. The third kappa shape index (κ3) is 5.78. The van der Waals surface area contributed by atoms with Gasteiger partial charge in [-0.1, -0.05) is 60.7 Å².